The van der Waals surface area contributed by atoms with Crippen LogP contribution in [-0.4, -0.2) is 29.1 Å². The fourth-order valence-electron chi connectivity index (χ4n) is 3.05. The number of rotatable bonds is 6. The standard InChI is InChI=1S/C20H21ClN2O3/c1-12(23-20(25)19(24)13-5-3-6-15(21)10-13)9-14-11-22-18-16(14)7-4-8-17(18)26-2/h3-8,10-12,19,22,24H,9H2,1-2H3,(H,23,25). The molecule has 1 aromatic heterocycles. The van der Waals surface area contributed by atoms with Crippen molar-refractivity contribution in [3.05, 3.63) is 64.8 Å². The number of H-pyrrole nitrogens is 1. The number of aromatic nitrogens is 1. The van der Waals surface area contributed by atoms with Gasteiger partial charge < -0.3 is 20.1 Å². The first-order valence-corrected chi connectivity index (χ1v) is 8.74. The number of hydrogen-bond donors (Lipinski definition) is 3. The molecule has 0 aliphatic heterocycles. The molecule has 0 saturated carbocycles. The average molecular weight is 373 g/mol. The number of benzene rings is 2. The SMILES string of the molecule is COc1cccc2c(CC(C)NC(=O)C(O)c3cccc(Cl)c3)c[nH]c12. The van der Waals surface area contributed by atoms with Gasteiger partial charge >= 0.3 is 0 Å². The van der Waals surface area contributed by atoms with Crippen LogP contribution in [0.25, 0.3) is 10.9 Å². The van der Waals surface area contributed by atoms with Gasteiger partial charge in [-0.2, -0.15) is 0 Å². The Morgan fingerprint density at radius 2 is 2.08 bits per heavy atom. The molecule has 2 atom stereocenters. The van der Waals surface area contributed by atoms with Crippen LogP contribution in [0.4, 0.5) is 0 Å². The number of aromatic amines is 1. The van der Waals surface area contributed by atoms with Gasteiger partial charge in [-0.15, -0.1) is 0 Å². The number of hydrogen-bond acceptors (Lipinski definition) is 3. The van der Waals surface area contributed by atoms with Gasteiger partial charge in [-0.05, 0) is 42.7 Å². The number of halogens is 1. The van der Waals surface area contributed by atoms with Crippen LogP contribution in [0.15, 0.2) is 48.7 Å². The third-order valence-corrected chi connectivity index (χ3v) is 4.55. The second-order valence-electron chi connectivity index (χ2n) is 6.27. The Labute approximate surface area is 156 Å². The summed E-state index contributed by atoms with van der Waals surface area (Å²) < 4.78 is 5.36. The maximum Gasteiger partial charge on any atom is 0.253 e. The highest BCUT2D eigenvalue weighted by molar-refractivity contribution is 6.30. The van der Waals surface area contributed by atoms with Crippen molar-refractivity contribution in [3.63, 3.8) is 0 Å². The Bertz CT molecular complexity index is 922. The van der Waals surface area contributed by atoms with Gasteiger partial charge in [0.05, 0.1) is 12.6 Å². The second-order valence-corrected chi connectivity index (χ2v) is 6.70. The Kier molecular flexibility index (Phi) is 5.49. The van der Waals surface area contributed by atoms with Crippen molar-refractivity contribution in [2.75, 3.05) is 7.11 Å². The van der Waals surface area contributed by atoms with E-state index < -0.39 is 12.0 Å². The number of amides is 1. The minimum absolute atomic E-state index is 0.151. The lowest BCUT2D eigenvalue weighted by Gasteiger charge is -2.17. The maximum atomic E-state index is 12.3. The molecule has 6 heteroatoms. The normalized spacial score (nSPS) is 13.4. The largest absolute Gasteiger partial charge is 0.495 e. The van der Waals surface area contributed by atoms with Crippen LogP contribution in [0.3, 0.4) is 0 Å². The van der Waals surface area contributed by atoms with E-state index in [0.717, 1.165) is 22.2 Å². The van der Waals surface area contributed by atoms with Gasteiger partial charge in [0.2, 0.25) is 0 Å². The first-order valence-electron chi connectivity index (χ1n) is 8.36. The molecule has 0 aliphatic rings. The molecule has 0 aliphatic carbocycles. The number of fused-ring (bicyclic) bond motifs is 1. The van der Waals surface area contributed by atoms with Gasteiger partial charge in [-0.3, -0.25) is 4.79 Å². The van der Waals surface area contributed by atoms with E-state index in [1.165, 1.54) is 0 Å². The van der Waals surface area contributed by atoms with E-state index >= 15 is 0 Å². The third-order valence-electron chi connectivity index (χ3n) is 4.31. The Morgan fingerprint density at radius 3 is 2.81 bits per heavy atom. The van der Waals surface area contributed by atoms with Crippen LogP contribution in [0.1, 0.15) is 24.2 Å². The quantitative estimate of drug-likeness (QED) is 0.618. The van der Waals surface area contributed by atoms with Gasteiger partial charge in [0.1, 0.15) is 5.75 Å². The average Bonchev–Trinajstić information content (AvgIpc) is 3.03. The lowest BCUT2D eigenvalue weighted by molar-refractivity contribution is -0.130. The highest BCUT2D eigenvalue weighted by Gasteiger charge is 2.20. The molecular weight excluding hydrogens is 352 g/mol. The molecule has 5 nitrogen and oxygen atoms in total. The zero-order valence-corrected chi connectivity index (χ0v) is 15.4. The molecule has 3 aromatic rings. The van der Waals surface area contributed by atoms with Crippen molar-refractivity contribution in [3.8, 4) is 5.75 Å². The molecule has 0 bridgehead atoms. The van der Waals surface area contributed by atoms with E-state index in [1.807, 2.05) is 31.3 Å². The summed E-state index contributed by atoms with van der Waals surface area (Å²) in [5.41, 5.74) is 2.48. The lowest BCUT2D eigenvalue weighted by Crippen LogP contribution is -2.37. The van der Waals surface area contributed by atoms with E-state index in [4.69, 9.17) is 16.3 Å². The molecule has 3 rings (SSSR count). The Hall–Kier alpha value is -2.50. The van der Waals surface area contributed by atoms with Crippen LogP contribution in [-0.2, 0) is 11.2 Å². The fraction of sp³-hybridized carbons (Fsp3) is 0.250. The number of aliphatic hydroxyl groups excluding tert-OH is 1. The summed E-state index contributed by atoms with van der Waals surface area (Å²) in [4.78, 5) is 15.5. The lowest BCUT2D eigenvalue weighted by atomic mass is 10.0. The van der Waals surface area contributed by atoms with Crippen molar-refractivity contribution in [2.45, 2.75) is 25.5 Å². The van der Waals surface area contributed by atoms with E-state index in [9.17, 15) is 9.90 Å². The topological polar surface area (TPSA) is 74.3 Å². The summed E-state index contributed by atoms with van der Waals surface area (Å²) in [5, 5.41) is 14.6. The molecular formula is C20H21ClN2O3. The van der Waals surface area contributed by atoms with Crippen LogP contribution >= 0.6 is 11.6 Å². The van der Waals surface area contributed by atoms with Crippen LogP contribution in [0.2, 0.25) is 5.02 Å². The van der Waals surface area contributed by atoms with Gasteiger partial charge in [0, 0.05) is 22.6 Å². The van der Waals surface area contributed by atoms with E-state index in [0.29, 0.717) is 17.0 Å². The highest BCUT2D eigenvalue weighted by atomic mass is 35.5. The first kappa shape index (κ1) is 18.3. The molecule has 3 N–H and O–H groups in total. The number of carbonyl (C=O) groups is 1. The van der Waals surface area contributed by atoms with Gasteiger partial charge in [0.15, 0.2) is 6.10 Å². The van der Waals surface area contributed by atoms with Gasteiger partial charge in [-0.25, -0.2) is 0 Å². The number of aliphatic hydroxyl groups is 1. The minimum Gasteiger partial charge on any atom is -0.495 e. The molecule has 136 valence electrons. The first-order chi connectivity index (χ1) is 12.5. The van der Waals surface area contributed by atoms with Crippen molar-refractivity contribution < 1.29 is 14.6 Å². The summed E-state index contributed by atoms with van der Waals surface area (Å²) in [5.74, 6) is 0.332. The molecule has 1 heterocycles. The van der Waals surface area contributed by atoms with Crippen molar-refractivity contribution in [1.29, 1.82) is 0 Å². The summed E-state index contributed by atoms with van der Waals surface area (Å²) in [6.07, 6.45) is 1.30. The smallest absolute Gasteiger partial charge is 0.253 e. The molecule has 1 amide bonds. The van der Waals surface area contributed by atoms with Crippen molar-refractivity contribution in [1.82, 2.24) is 10.3 Å². The highest BCUT2D eigenvalue weighted by Crippen LogP contribution is 2.27. The van der Waals surface area contributed by atoms with Crippen LogP contribution < -0.4 is 10.1 Å². The predicted molar refractivity (Wildman–Crippen MR) is 103 cm³/mol. The molecule has 26 heavy (non-hydrogen) atoms. The summed E-state index contributed by atoms with van der Waals surface area (Å²) >= 11 is 5.92. The fourth-order valence-corrected chi connectivity index (χ4v) is 3.25. The third kappa shape index (κ3) is 3.84. The molecule has 2 unspecified atom stereocenters. The Morgan fingerprint density at radius 1 is 1.31 bits per heavy atom. The molecule has 0 saturated heterocycles. The predicted octanol–water partition coefficient (Wildman–Crippen LogP) is 3.61. The van der Waals surface area contributed by atoms with E-state index in [-0.39, 0.29) is 6.04 Å². The number of ether oxygens (including phenoxy) is 1. The Balaban J connectivity index is 1.69. The van der Waals surface area contributed by atoms with Crippen molar-refractivity contribution >= 4 is 28.4 Å². The summed E-state index contributed by atoms with van der Waals surface area (Å²) in [6.45, 7) is 1.90. The molecule has 2 aromatic carbocycles. The summed E-state index contributed by atoms with van der Waals surface area (Å²) in [7, 11) is 1.63. The number of carbonyl (C=O) groups excluding carboxylic acids is 1. The van der Waals surface area contributed by atoms with E-state index in [2.05, 4.69) is 10.3 Å². The van der Waals surface area contributed by atoms with Gasteiger partial charge in [-0.1, -0.05) is 35.9 Å². The number of para-hydroxylation sites is 1. The van der Waals surface area contributed by atoms with Crippen LogP contribution in [0.5, 0.6) is 5.75 Å². The van der Waals surface area contributed by atoms with Crippen molar-refractivity contribution in [2.24, 2.45) is 0 Å². The second kappa shape index (κ2) is 7.81. The molecule has 0 spiro atoms. The maximum absolute atomic E-state index is 12.3. The van der Waals surface area contributed by atoms with E-state index in [1.54, 1.807) is 31.4 Å². The zero-order chi connectivity index (χ0) is 18.7. The zero-order valence-electron chi connectivity index (χ0n) is 14.6. The molecule has 0 radical (unpaired) electrons. The number of nitrogens with one attached hydrogen (secondary N) is 2. The van der Waals surface area contributed by atoms with Gasteiger partial charge in [0.25, 0.3) is 5.91 Å². The van der Waals surface area contributed by atoms with Crippen LogP contribution in [0, 0.1) is 0 Å². The minimum atomic E-state index is -1.25. The molecule has 0 fully saturated rings. The monoisotopic (exact) mass is 372 g/mol. The summed E-state index contributed by atoms with van der Waals surface area (Å²) in [6, 6.07) is 12.4. The number of methoxy groups -OCH3 is 1.